The normalized spacial score (nSPS) is 10.2. The Morgan fingerprint density at radius 3 is 2.79 bits per heavy atom. The zero-order valence-electron chi connectivity index (χ0n) is 9.52. The Hall–Kier alpha value is -2.34. The molecule has 0 spiro atoms. The van der Waals surface area contributed by atoms with Crippen LogP contribution >= 0.6 is 11.6 Å². The number of carbonyl (C=O) groups is 1. The van der Waals surface area contributed by atoms with Gasteiger partial charge in [0.05, 0.1) is 28.2 Å². The third kappa shape index (κ3) is 2.92. The Labute approximate surface area is 112 Å². The summed E-state index contributed by atoms with van der Waals surface area (Å²) in [7, 11) is 0. The number of hydrogen-bond acceptors (Lipinski definition) is 4. The van der Waals surface area contributed by atoms with Gasteiger partial charge in [0.15, 0.2) is 0 Å². The second-order valence-electron chi connectivity index (χ2n) is 3.71. The molecule has 0 aliphatic carbocycles. The molecule has 0 fully saturated rings. The average Bonchev–Trinajstić information content (AvgIpc) is 2.34. The smallest absolute Gasteiger partial charge is 0.337 e. The van der Waals surface area contributed by atoms with E-state index in [0.717, 1.165) is 6.07 Å². The minimum Gasteiger partial charge on any atom is -0.478 e. The zero-order valence-corrected chi connectivity index (χ0v) is 10.3. The van der Waals surface area contributed by atoms with Crippen LogP contribution in [-0.4, -0.2) is 16.1 Å². The molecule has 98 valence electrons. The maximum Gasteiger partial charge on any atom is 0.337 e. The number of carboxylic acids is 1. The van der Waals surface area contributed by atoms with Gasteiger partial charge in [0, 0.05) is 0 Å². The summed E-state index contributed by atoms with van der Waals surface area (Å²) in [6.07, 6.45) is 1.23. The molecule has 1 aromatic carbocycles. The topological polar surface area (TPSA) is 88.2 Å². The molecular formula is C12H9ClFN3O2. The zero-order chi connectivity index (χ0) is 14.0. The van der Waals surface area contributed by atoms with Gasteiger partial charge >= 0.3 is 5.97 Å². The number of nitrogens with one attached hydrogen (secondary N) is 1. The highest BCUT2D eigenvalue weighted by Crippen LogP contribution is 2.26. The highest BCUT2D eigenvalue weighted by atomic mass is 35.5. The molecule has 1 aromatic heterocycles. The quantitative estimate of drug-likeness (QED) is 0.805. The first kappa shape index (κ1) is 13.1. The Bertz CT molecular complexity index is 649. The summed E-state index contributed by atoms with van der Waals surface area (Å²) in [5.41, 5.74) is 5.89. The number of nitrogen functional groups attached to an aromatic ring is 1. The summed E-state index contributed by atoms with van der Waals surface area (Å²) in [6, 6.07) is 5.07. The third-order valence-electron chi connectivity index (χ3n) is 2.36. The van der Waals surface area contributed by atoms with Crippen LogP contribution in [0.25, 0.3) is 0 Å². The van der Waals surface area contributed by atoms with Crippen LogP contribution in [0, 0.1) is 5.82 Å². The number of aromatic nitrogens is 1. The van der Waals surface area contributed by atoms with Crippen LogP contribution in [0.15, 0.2) is 30.5 Å². The van der Waals surface area contributed by atoms with E-state index in [-0.39, 0.29) is 22.1 Å². The molecule has 0 saturated heterocycles. The van der Waals surface area contributed by atoms with Crippen molar-refractivity contribution in [2.45, 2.75) is 0 Å². The number of anilines is 3. The van der Waals surface area contributed by atoms with E-state index in [1.54, 1.807) is 0 Å². The SMILES string of the molecule is Nc1cnc(Nc2ccc(F)cc2Cl)cc1C(=O)O. The predicted octanol–water partition coefficient (Wildman–Crippen LogP) is 2.90. The van der Waals surface area contributed by atoms with Crippen LogP contribution in [0.3, 0.4) is 0 Å². The van der Waals surface area contributed by atoms with Crippen molar-refractivity contribution in [1.82, 2.24) is 4.98 Å². The summed E-state index contributed by atoms with van der Waals surface area (Å²) in [5.74, 6) is -1.37. The molecule has 7 heteroatoms. The number of nitrogens with zero attached hydrogens (tertiary/aromatic N) is 1. The second-order valence-corrected chi connectivity index (χ2v) is 4.12. The van der Waals surface area contributed by atoms with Crippen molar-refractivity contribution < 1.29 is 14.3 Å². The van der Waals surface area contributed by atoms with Gasteiger partial charge in [-0.15, -0.1) is 0 Å². The molecule has 0 amide bonds. The first-order valence-corrected chi connectivity index (χ1v) is 5.56. The number of aromatic carboxylic acids is 1. The van der Waals surface area contributed by atoms with Crippen molar-refractivity contribution in [2.75, 3.05) is 11.1 Å². The fourth-order valence-corrected chi connectivity index (χ4v) is 1.66. The average molecular weight is 282 g/mol. The van der Waals surface area contributed by atoms with E-state index >= 15 is 0 Å². The molecule has 19 heavy (non-hydrogen) atoms. The van der Waals surface area contributed by atoms with Crippen molar-refractivity contribution in [1.29, 1.82) is 0 Å². The molecular weight excluding hydrogens is 273 g/mol. The lowest BCUT2D eigenvalue weighted by atomic mass is 10.2. The van der Waals surface area contributed by atoms with Gasteiger partial charge in [-0.05, 0) is 24.3 Å². The number of hydrogen-bond donors (Lipinski definition) is 3. The highest BCUT2D eigenvalue weighted by Gasteiger charge is 2.10. The van der Waals surface area contributed by atoms with Gasteiger partial charge in [-0.25, -0.2) is 14.2 Å². The largest absolute Gasteiger partial charge is 0.478 e. The van der Waals surface area contributed by atoms with E-state index in [2.05, 4.69) is 10.3 Å². The molecule has 2 aromatic rings. The number of carboxylic acid groups (broad SMARTS) is 1. The fraction of sp³-hybridized carbons (Fsp3) is 0. The van der Waals surface area contributed by atoms with Crippen molar-refractivity contribution in [3.63, 3.8) is 0 Å². The van der Waals surface area contributed by atoms with Crippen molar-refractivity contribution >= 4 is 34.8 Å². The lowest BCUT2D eigenvalue weighted by Crippen LogP contribution is -2.05. The van der Waals surface area contributed by atoms with Gasteiger partial charge in [-0.3, -0.25) is 0 Å². The van der Waals surface area contributed by atoms with Gasteiger partial charge < -0.3 is 16.2 Å². The van der Waals surface area contributed by atoms with Crippen LogP contribution < -0.4 is 11.1 Å². The molecule has 1 heterocycles. The molecule has 0 unspecified atom stereocenters. The van der Waals surface area contributed by atoms with Crippen LogP contribution in [0.1, 0.15) is 10.4 Å². The predicted molar refractivity (Wildman–Crippen MR) is 70.3 cm³/mol. The molecule has 0 saturated carbocycles. The van der Waals surface area contributed by atoms with Crippen molar-refractivity contribution in [2.24, 2.45) is 0 Å². The van der Waals surface area contributed by atoms with Gasteiger partial charge in [0.2, 0.25) is 0 Å². The standard InChI is InChI=1S/C12H9ClFN3O2/c13-8-3-6(14)1-2-10(8)17-11-4-7(12(18)19)9(15)5-16-11/h1-5H,15H2,(H,16,17)(H,18,19). The number of halogens is 2. The first-order valence-electron chi connectivity index (χ1n) is 5.18. The van der Waals surface area contributed by atoms with Crippen molar-refractivity contribution in [3.05, 3.63) is 46.9 Å². The Kier molecular flexibility index (Phi) is 3.52. The number of pyridine rings is 1. The van der Waals surface area contributed by atoms with Crippen molar-refractivity contribution in [3.8, 4) is 0 Å². The van der Waals surface area contributed by atoms with E-state index in [1.165, 1.54) is 24.4 Å². The molecule has 0 aliphatic heterocycles. The summed E-state index contributed by atoms with van der Waals surface area (Å²) in [6.45, 7) is 0. The lowest BCUT2D eigenvalue weighted by molar-refractivity contribution is 0.0698. The molecule has 4 N–H and O–H groups in total. The molecule has 0 radical (unpaired) electrons. The third-order valence-corrected chi connectivity index (χ3v) is 2.67. The second kappa shape index (κ2) is 5.11. The number of rotatable bonds is 3. The molecule has 0 atom stereocenters. The van der Waals surface area contributed by atoms with Crippen LogP contribution in [0.2, 0.25) is 5.02 Å². The number of benzene rings is 1. The maximum absolute atomic E-state index is 12.9. The Balaban J connectivity index is 2.33. The fourth-order valence-electron chi connectivity index (χ4n) is 1.45. The minimum atomic E-state index is -1.16. The maximum atomic E-state index is 12.9. The summed E-state index contributed by atoms with van der Waals surface area (Å²) < 4.78 is 12.9. The van der Waals surface area contributed by atoms with Gasteiger partial charge in [0.25, 0.3) is 0 Å². The minimum absolute atomic E-state index is 0.0586. The molecule has 5 nitrogen and oxygen atoms in total. The number of nitrogens with two attached hydrogens (primary N) is 1. The van der Waals surface area contributed by atoms with Gasteiger partial charge in [0.1, 0.15) is 11.6 Å². The summed E-state index contributed by atoms with van der Waals surface area (Å²) in [4.78, 5) is 14.9. The Morgan fingerprint density at radius 1 is 1.42 bits per heavy atom. The molecule has 0 bridgehead atoms. The van der Waals surface area contributed by atoms with Gasteiger partial charge in [-0.1, -0.05) is 11.6 Å². The summed E-state index contributed by atoms with van der Waals surface area (Å²) >= 11 is 5.84. The van der Waals surface area contributed by atoms with Crippen LogP contribution in [0.4, 0.5) is 21.6 Å². The first-order chi connectivity index (χ1) is 8.97. The Morgan fingerprint density at radius 2 is 2.16 bits per heavy atom. The molecule has 0 aliphatic rings. The van der Waals surface area contributed by atoms with Gasteiger partial charge in [-0.2, -0.15) is 0 Å². The lowest BCUT2D eigenvalue weighted by Gasteiger charge is -2.09. The van der Waals surface area contributed by atoms with Crippen LogP contribution in [0.5, 0.6) is 0 Å². The van der Waals surface area contributed by atoms with E-state index in [9.17, 15) is 9.18 Å². The monoisotopic (exact) mass is 281 g/mol. The van der Waals surface area contributed by atoms with Crippen LogP contribution in [-0.2, 0) is 0 Å². The summed E-state index contributed by atoms with van der Waals surface area (Å²) in [5, 5.41) is 11.9. The van der Waals surface area contributed by atoms with E-state index in [0.29, 0.717) is 5.69 Å². The highest BCUT2D eigenvalue weighted by molar-refractivity contribution is 6.33. The van der Waals surface area contributed by atoms with E-state index < -0.39 is 11.8 Å². The van der Waals surface area contributed by atoms with E-state index in [4.69, 9.17) is 22.4 Å². The van der Waals surface area contributed by atoms with E-state index in [1.807, 2.05) is 0 Å². The molecule has 2 rings (SSSR count).